The standard InChI is InChI=1S/C31H23ClN2O4S/c1-2-37-27-15-21(14-26(32)29(27)38-19-20-11-12-22-7-3-4-8-23(22)13-20)16-28-30(35)34(31(36)39-28)18-25-10-6-5-9-24(25)17-33/h3-16H,2,18-19H2,1H3/b28-16+. The number of carbonyl (C=O) groups excluding carboxylic acids is 2. The third kappa shape index (κ3) is 5.78. The van der Waals surface area contributed by atoms with Crippen LogP contribution in [0, 0.1) is 11.3 Å². The summed E-state index contributed by atoms with van der Waals surface area (Å²) in [5.41, 5.74) is 2.62. The number of halogens is 1. The Hall–Kier alpha value is -4.25. The lowest BCUT2D eigenvalue weighted by Gasteiger charge is -2.15. The van der Waals surface area contributed by atoms with Gasteiger partial charge in [-0.1, -0.05) is 66.2 Å². The molecule has 39 heavy (non-hydrogen) atoms. The van der Waals surface area contributed by atoms with Gasteiger partial charge in [-0.25, -0.2) is 0 Å². The van der Waals surface area contributed by atoms with E-state index in [2.05, 4.69) is 24.3 Å². The Morgan fingerprint density at radius 3 is 2.54 bits per heavy atom. The lowest BCUT2D eigenvalue weighted by Crippen LogP contribution is -2.27. The van der Waals surface area contributed by atoms with Gasteiger partial charge in [0.05, 0.1) is 34.7 Å². The monoisotopic (exact) mass is 554 g/mol. The number of rotatable bonds is 8. The third-order valence-electron chi connectivity index (χ3n) is 6.17. The summed E-state index contributed by atoms with van der Waals surface area (Å²) in [6.07, 6.45) is 1.61. The quantitative estimate of drug-likeness (QED) is 0.209. The maximum atomic E-state index is 13.1. The Bertz CT molecular complexity index is 1660. The molecule has 1 aliphatic heterocycles. The van der Waals surface area contributed by atoms with E-state index in [0.29, 0.717) is 46.4 Å². The van der Waals surface area contributed by atoms with Crippen molar-refractivity contribution in [2.45, 2.75) is 20.1 Å². The molecule has 0 spiro atoms. The number of imide groups is 1. The fourth-order valence-corrected chi connectivity index (χ4v) is 5.40. The van der Waals surface area contributed by atoms with Crippen LogP contribution in [0.25, 0.3) is 16.8 Å². The first-order chi connectivity index (χ1) is 19.0. The number of hydrogen-bond donors (Lipinski definition) is 0. The molecule has 0 aromatic heterocycles. The molecule has 2 amide bonds. The molecule has 1 heterocycles. The fraction of sp³-hybridized carbons (Fsp3) is 0.129. The number of thioether (sulfide) groups is 1. The zero-order chi connectivity index (χ0) is 27.4. The predicted molar refractivity (Wildman–Crippen MR) is 154 cm³/mol. The minimum Gasteiger partial charge on any atom is -0.490 e. The summed E-state index contributed by atoms with van der Waals surface area (Å²) in [6.45, 7) is 2.57. The second-order valence-corrected chi connectivity index (χ2v) is 10.2. The van der Waals surface area contributed by atoms with Crippen LogP contribution in [0.3, 0.4) is 0 Å². The van der Waals surface area contributed by atoms with Crippen LogP contribution in [0.15, 0.2) is 83.8 Å². The van der Waals surface area contributed by atoms with E-state index in [1.165, 1.54) is 0 Å². The Kier molecular flexibility index (Phi) is 7.87. The number of ether oxygens (including phenoxy) is 2. The van der Waals surface area contributed by atoms with E-state index >= 15 is 0 Å². The lowest BCUT2D eigenvalue weighted by atomic mass is 10.1. The first-order valence-corrected chi connectivity index (χ1v) is 13.5. The molecule has 0 unspecified atom stereocenters. The Morgan fingerprint density at radius 1 is 0.974 bits per heavy atom. The van der Waals surface area contributed by atoms with E-state index < -0.39 is 11.1 Å². The number of hydrogen-bond acceptors (Lipinski definition) is 6. The number of carbonyl (C=O) groups is 2. The van der Waals surface area contributed by atoms with E-state index in [4.69, 9.17) is 21.1 Å². The molecule has 0 aliphatic carbocycles. The Balaban J connectivity index is 1.37. The number of nitrogens with zero attached hydrogens (tertiary/aromatic N) is 2. The predicted octanol–water partition coefficient (Wildman–Crippen LogP) is 7.58. The van der Waals surface area contributed by atoms with Crippen LogP contribution < -0.4 is 9.47 Å². The zero-order valence-electron chi connectivity index (χ0n) is 21.0. The maximum Gasteiger partial charge on any atom is 0.293 e. The average Bonchev–Trinajstić information content (AvgIpc) is 3.20. The van der Waals surface area contributed by atoms with Crippen molar-refractivity contribution in [1.82, 2.24) is 4.90 Å². The molecule has 1 aliphatic rings. The second-order valence-electron chi connectivity index (χ2n) is 8.77. The molecular weight excluding hydrogens is 532 g/mol. The van der Waals surface area contributed by atoms with Crippen molar-refractivity contribution in [2.75, 3.05) is 6.61 Å². The lowest BCUT2D eigenvalue weighted by molar-refractivity contribution is -0.123. The van der Waals surface area contributed by atoms with Gasteiger partial charge < -0.3 is 9.47 Å². The van der Waals surface area contributed by atoms with E-state index in [1.54, 1.807) is 42.5 Å². The van der Waals surface area contributed by atoms with E-state index in [1.807, 2.05) is 31.2 Å². The van der Waals surface area contributed by atoms with Gasteiger partial charge in [-0.15, -0.1) is 0 Å². The average molecular weight is 555 g/mol. The van der Waals surface area contributed by atoms with E-state index in [-0.39, 0.29) is 11.4 Å². The van der Waals surface area contributed by atoms with Gasteiger partial charge in [0, 0.05) is 0 Å². The summed E-state index contributed by atoms with van der Waals surface area (Å²) < 4.78 is 11.9. The topological polar surface area (TPSA) is 79.6 Å². The van der Waals surface area contributed by atoms with Crippen LogP contribution in [0.2, 0.25) is 5.02 Å². The summed E-state index contributed by atoms with van der Waals surface area (Å²) in [4.78, 5) is 27.1. The van der Waals surface area contributed by atoms with Gasteiger partial charge in [0.15, 0.2) is 11.5 Å². The van der Waals surface area contributed by atoms with Crippen molar-refractivity contribution in [3.63, 3.8) is 0 Å². The molecule has 8 heteroatoms. The number of fused-ring (bicyclic) bond motifs is 1. The van der Waals surface area contributed by atoms with Crippen LogP contribution in [-0.4, -0.2) is 22.7 Å². The smallest absolute Gasteiger partial charge is 0.293 e. The fourth-order valence-electron chi connectivity index (χ4n) is 4.28. The highest BCUT2D eigenvalue weighted by Crippen LogP contribution is 2.40. The molecule has 1 fully saturated rings. The van der Waals surface area contributed by atoms with Crippen LogP contribution in [-0.2, 0) is 17.9 Å². The van der Waals surface area contributed by atoms with Gasteiger partial charge in [0.2, 0.25) is 0 Å². The van der Waals surface area contributed by atoms with Crippen molar-refractivity contribution in [1.29, 1.82) is 5.26 Å². The zero-order valence-corrected chi connectivity index (χ0v) is 22.6. The Labute approximate surface area is 235 Å². The molecule has 0 radical (unpaired) electrons. The first kappa shape index (κ1) is 26.4. The van der Waals surface area contributed by atoms with Crippen LogP contribution in [0.4, 0.5) is 4.79 Å². The maximum absolute atomic E-state index is 13.1. The number of benzene rings is 4. The molecule has 0 N–H and O–H groups in total. The van der Waals surface area contributed by atoms with E-state index in [0.717, 1.165) is 33.0 Å². The van der Waals surface area contributed by atoms with Gasteiger partial charge in [-0.3, -0.25) is 14.5 Å². The van der Waals surface area contributed by atoms with E-state index in [9.17, 15) is 14.9 Å². The van der Waals surface area contributed by atoms with Gasteiger partial charge in [0.25, 0.3) is 11.1 Å². The highest BCUT2D eigenvalue weighted by molar-refractivity contribution is 8.18. The summed E-state index contributed by atoms with van der Waals surface area (Å²) in [7, 11) is 0. The third-order valence-corrected chi connectivity index (χ3v) is 7.35. The molecule has 0 saturated carbocycles. The summed E-state index contributed by atoms with van der Waals surface area (Å²) in [5, 5.41) is 11.5. The highest BCUT2D eigenvalue weighted by Gasteiger charge is 2.35. The molecule has 5 rings (SSSR count). The summed E-state index contributed by atoms with van der Waals surface area (Å²) >= 11 is 7.46. The summed E-state index contributed by atoms with van der Waals surface area (Å²) in [5.74, 6) is 0.424. The van der Waals surface area contributed by atoms with Crippen molar-refractivity contribution < 1.29 is 19.1 Å². The van der Waals surface area contributed by atoms with Gasteiger partial charge in [-0.05, 0) is 76.5 Å². The van der Waals surface area contributed by atoms with Crippen LogP contribution in [0.5, 0.6) is 11.5 Å². The van der Waals surface area contributed by atoms with Gasteiger partial charge >= 0.3 is 0 Å². The van der Waals surface area contributed by atoms with Crippen molar-refractivity contribution >= 4 is 51.4 Å². The minimum absolute atomic E-state index is 0.0260. The normalized spacial score (nSPS) is 14.2. The van der Waals surface area contributed by atoms with Crippen molar-refractivity contribution in [2.24, 2.45) is 0 Å². The van der Waals surface area contributed by atoms with Crippen molar-refractivity contribution in [3.05, 3.63) is 111 Å². The van der Waals surface area contributed by atoms with Crippen LogP contribution >= 0.6 is 23.4 Å². The van der Waals surface area contributed by atoms with Crippen molar-refractivity contribution in [3.8, 4) is 17.6 Å². The molecule has 4 aromatic carbocycles. The SMILES string of the molecule is CCOc1cc(/C=C2/SC(=O)N(Cc3ccccc3C#N)C2=O)cc(Cl)c1OCc1ccc2ccccc2c1. The molecule has 0 atom stereocenters. The van der Waals surface area contributed by atoms with Crippen LogP contribution in [0.1, 0.15) is 29.2 Å². The second kappa shape index (κ2) is 11.6. The molecular formula is C31H23ClN2O4S. The molecule has 1 saturated heterocycles. The largest absolute Gasteiger partial charge is 0.490 e. The molecule has 0 bridgehead atoms. The summed E-state index contributed by atoms with van der Waals surface area (Å²) in [6, 6.07) is 26.7. The number of nitriles is 1. The van der Waals surface area contributed by atoms with Gasteiger partial charge in [-0.2, -0.15) is 5.26 Å². The number of amides is 2. The molecule has 6 nitrogen and oxygen atoms in total. The van der Waals surface area contributed by atoms with Gasteiger partial charge in [0.1, 0.15) is 6.61 Å². The first-order valence-electron chi connectivity index (χ1n) is 12.3. The Morgan fingerprint density at radius 2 is 1.74 bits per heavy atom. The molecule has 4 aromatic rings. The molecule has 194 valence electrons. The minimum atomic E-state index is -0.427. The highest BCUT2D eigenvalue weighted by atomic mass is 35.5.